The second-order valence-electron chi connectivity index (χ2n) is 10.1. The van der Waals surface area contributed by atoms with E-state index in [2.05, 4.69) is 10.5 Å². The number of carbonyl (C=O) groups excluding carboxylic acids is 1. The Labute approximate surface area is 195 Å². The third-order valence-electron chi connectivity index (χ3n) is 7.34. The minimum Gasteiger partial charge on any atom is -0.381 e. The molecule has 3 heterocycles. The molecule has 1 aromatic heterocycles. The first kappa shape index (κ1) is 24.6. The molecule has 2 aliphatic heterocycles. The fraction of sp³-hybridized carbons (Fsp3) is 0.826. The van der Waals surface area contributed by atoms with Gasteiger partial charge in [0.2, 0.25) is 11.8 Å². The molecule has 1 amide bonds. The second-order valence-corrected chi connectivity index (χ2v) is 12.7. The topological polar surface area (TPSA) is 117 Å². The lowest BCUT2D eigenvalue weighted by Crippen LogP contribution is -2.46. The van der Waals surface area contributed by atoms with Crippen molar-refractivity contribution in [2.24, 2.45) is 5.92 Å². The van der Waals surface area contributed by atoms with Crippen LogP contribution in [-0.4, -0.2) is 62.7 Å². The van der Waals surface area contributed by atoms with Crippen molar-refractivity contribution in [2.75, 3.05) is 37.5 Å². The predicted octanol–water partition coefficient (Wildman–Crippen LogP) is 3.20. The van der Waals surface area contributed by atoms with E-state index in [0.717, 1.165) is 57.2 Å². The number of rotatable bonds is 9. The highest BCUT2D eigenvalue weighted by Gasteiger charge is 2.44. The Morgan fingerprint density at radius 2 is 2.00 bits per heavy atom. The Balaban J connectivity index is 1.41. The third-order valence-corrected chi connectivity index (χ3v) is 9.99. The summed E-state index contributed by atoms with van der Waals surface area (Å²) in [4.78, 5) is 12.9. The lowest BCUT2D eigenvalue weighted by atomic mass is 9.83. The summed E-state index contributed by atoms with van der Waals surface area (Å²) in [7, 11) is -3.69. The van der Waals surface area contributed by atoms with Crippen LogP contribution in [-0.2, 0) is 34.3 Å². The van der Waals surface area contributed by atoms with Gasteiger partial charge in [0.1, 0.15) is 4.75 Å². The molecular formula is C23H36N2O7S. The van der Waals surface area contributed by atoms with Crippen molar-refractivity contribution in [3.8, 4) is 0 Å². The smallest absolute Gasteiger partial charge is 0.247 e. The molecule has 1 aromatic rings. The number of anilines is 1. The normalized spacial score (nSPS) is 25.9. The molecular weight excluding hydrogens is 448 g/mol. The Hall–Kier alpha value is -1.49. The van der Waals surface area contributed by atoms with E-state index in [-0.39, 0.29) is 29.3 Å². The van der Waals surface area contributed by atoms with Crippen LogP contribution < -0.4 is 5.32 Å². The second kappa shape index (κ2) is 10.0. The van der Waals surface area contributed by atoms with Crippen molar-refractivity contribution in [3.63, 3.8) is 0 Å². The van der Waals surface area contributed by atoms with E-state index in [1.807, 2.05) is 0 Å². The highest BCUT2D eigenvalue weighted by atomic mass is 32.2. The number of hydrogen-bond acceptors (Lipinski definition) is 8. The van der Waals surface area contributed by atoms with Crippen molar-refractivity contribution in [2.45, 2.75) is 81.7 Å². The van der Waals surface area contributed by atoms with Crippen LogP contribution in [0.15, 0.2) is 10.6 Å². The molecule has 0 bridgehead atoms. The van der Waals surface area contributed by atoms with E-state index in [1.165, 1.54) is 13.8 Å². The molecule has 9 nitrogen and oxygen atoms in total. The van der Waals surface area contributed by atoms with Gasteiger partial charge in [-0.05, 0) is 58.3 Å². The van der Waals surface area contributed by atoms with Gasteiger partial charge in [-0.25, -0.2) is 8.42 Å². The van der Waals surface area contributed by atoms with E-state index in [4.69, 9.17) is 18.7 Å². The van der Waals surface area contributed by atoms with Gasteiger partial charge in [-0.2, -0.15) is 0 Å². The van der Waals surface area contributed by atoms with Gasteiger partial charge in [0.25, 0.3) is 0 Å². The molecule has 10 heteroatoms. The summed E-state index contributed by atoms with van der Waals surface area (Å²) in [5, 5.41) is 6.87. The van der Waals surface area contributed by atoms with Crippen molar-refractivity contribution < 1.29 is 31.9 Å². The first-order chi connectivity index (χ1) is 15.7. The van der Waals surface area contributed by atoms with Gasteiger partial charge in [0.05, 0.1) is 24.7 Å². The van der Waals surface area contributed by atoms with Gasteiger partial charge in [0, 0.05) is 24.7 Å². The standard InChI is InChI=1S/C23H36N2O7S/c1-22(2,33(27,28)15-17-8-12-29-14-17)21(26)24-19-13-18(25-32-19)23(9-4-5-10-23)16-31-20-7-3-6-11-30-20/h13,17,20H,3-12,14-16H2,1-2H3,(H,24,26)/t17-,20?/m0/s1. The Bertz CT molecular complexity index is 909. The van der Waals surface area contributed by atoms with Crippen LogP contribution in [0.5, 0.6) is 0 Å². The maximum Gasteiger partial charge on any atom is 0.247 e. The lowest BCUT2D eigenvalue weighted by molar-refractivity contribution is -0.172. The Morgan fingerprint density at radius 1 is 1.21 bits per heavy atom. The average Bonchev–Trinajstić information content (AvgIpc) is 3.55. The van der Waals surface area contributed by atoms with Gasteiger partial charge in [0.15, 0.2) is 16.1 Å². The van der Waals surface area contributed by atoms with Crippen LogP contribution in [0, 0.1) is 5.92 Å². The molecule has 2 saturated heterocycles. The summed E-state index contributed by atoms with van der Waals surface area (Å²) in [6.07, 6.45) is 7.55. The van der Waals surface area contributed by atoms with Crippen molar-refractivity contribution in [1.29, 1.82) is 0 Å². The van der Waals surface area contributed by atoms with Gasteiger partial charge in [-0.15, -0.1) is 0 Å². The van der Waals surface area contributed by atoms with E-state index < -0.39 is 20.5 Å². The zero-order valence-corrected chi connectivity index (χ0v) is 20.5. The lowest BCUT2D eigenvalue weighted by Gasteiger charge is -2.30. The monoisotopic (exact) mass is 484 g/mol. The van der Waals surface area contributed by atoms with Crippen molar-refractivity contribution in [3.05, 3.63) is 11.8 Å². The summed E-state index contributed by atoms with van der Waals surface area (Å²) < 4.78 is 46.8. The molecule has 0 aromatic carbocycles. The molecule has 3 aliphatic rings. The molecule has 0 spiro atoms. The summed E-state index contributed by atoms with van der Waals surface area (Å²) >= 11 is 0. The first-order valence-corrected chi connectivity index (χ1v) is 13.7. The highest BCUT2D eigenvalue weighted by Crippen LogP contribution is 2.42. The van der Waals surface area contributed by atoms with E-state index in [1.54, 1.807) is 6.07 Å². The van der Waals surface area contributed by atoms with Gasteiger partial charge >= 0.3 is 0 Å². The minimum absolute atomic E-state index is 0.0707. The van der Waals surface area contributed by atoms with Crippen molar-refractivity contribution in [1.82, 2.24) is 5.16 Å². The summed E-state index contributed by atoms with van der Waals surface area (Å²) in [5.74, 6) is -0.618. The fourth-order valence-electron chi connectivity index (χ4n) is 4.84. The molecule has 3 fully saturated rings. The largest absolute Gasteiger partial charge is 0.381 e. The Kier molecular flexibility index (Phi) is 7.47. The molecule has 186 valence electrons. The van der Waals surface area contributed by atoms with E-state index >= 15 is 0 Å². The number of ether oxygens (including phenoxy) is 3. The van der Waals surface area contributed by atoms with Crippen LogP contribution in [0.2, 0.25) is 0 Å². The van der Waals surface area contributed by atoms with Gasteiger partial charge < -0.3 is 18.7 Å². The van der Waals surface area contributed by atoms with E-state index in [9.17, 15) is 13.2 Å². The first-order valence-electron chi connectivity index (χ1n) is 12.0. The van der Waals surface area contributed by atoms with Crippen LogP contribution >= 0.6 is 0 Å². The number of nitrogens with one attached hydrogen (secondary N) is 1. The molecule has 0 radical (unpaired) electrons. The zero-order valence-electron chi connectivity index (χ0n) is 19.6. The van der Waals surface area contributed by atoms with Crippen LogP contribution in [0.4, 0.5) is 5.88 Å². The van der Waals surface area contributed by atoms with E-state index in [0.29, 0.717) is 26.2 Å². The molecule has 1 unspecified atom stereocenters. The summed E-state index contributed by atoms with van der Waals surface area (Å²) in [5.41, 5.74) is 0.451. The quantitative estimate of drug-likeness (QED) is 0.568. The number of sulfone groups is 1. The van der Waals surface area contributed by atoms with Crippen LogP contribution in [0.3, 0.4) is 0 Å². The number of carbonyl (C=O) groups is 1. The SMILES string of the molecule is CC(C)(C(=O)Nc1cc(C2(COC3CCCCO3)CCCC2)no1)S(=O)(=O)C[C@H]1CCOC1. The van der Waals surface area contributed by atoms with Crippen LogP contribution in [0.25, 0.3) is 0 Å². The maximum atomic E-state index is 12.9. The molecule has 33 heavy (non-hydrogen) atoms. The summed E-state index contributed by atoms with van der Waals surface area (Å²) in [6, 6.07) is 1.71. The fourth-order valence-corrected chi connectivity index (χ4v) is 6.48. The van der Waals surface area contributed by atoms with Gasteiger partial charge in [-0.3, -0.25) is 10.1 Å². The number of hydrogen-bond donors (Lipinski definition) is 1. The third kappa shape index (κ3) is 5.44. The summed E-state index contributed by atoms with van der Waals surface area (Å²) in [6.45, 7) is 5.05. The molecule has 2 atom stereocenters. The van der Waals surface area contributed by atoms with Gasteiger partial charge in [-0.1, -0.05) is 18.0 Å². The molecule has 1 saturated carbocycles. The minimum atomic E-state index is -3.69. The molecule has 1 aliphatic carbocycles. The Morgan fingerprint density at radius 3 is 2.67 bits per heavy atom. The molecule has 4 rings (SSSR count). The average molecular weight is 485 g/mol. The number of aromatic nitrogens is 1. The molecule has 1 N–H and O–H groups in total. The number of amides is 1. The van der Waals surface area contributed by atoms with Crippen LogP contribution in [0.1, 0.15) is 70.9 Å². The predicted molar refractivity (Wildman–Crippen MR) is 122 cm³/mol. The zero-order chi connectivity index (χ0) is 23.5. The highest BCUT2D eigenvalue weighted by molar-refractivity contribution is 7.93. The maximum absolute atomic E-state index is 12.9. The number of nitrogens with zero attached hydrogens (tertiary/aromatic N) is 1. The van der Waals surface area contributed by atoms with Crippen molar-refractivity contribution >= 4 is 21.6 Å².